The fraction of sp³-hybridized carbons (Fsp3) is 0.800. The lowest BCUT2D eigenvalue weighted by atomic mass is 10.1. The van der Waals surface area contributed by atoms with E-state index in [0.29, 0.717) is 38.7 Å². The summed E-state index contributed by atoms with van der Waals surface area (Å²) in [7, 11) is 0. The van der Waals surface area contributed by atoms with Crippen LogP contribution in [-0.2, 0) is 19.1 Å². The highest BCUT2D eigenvalue weighted by molar-refractivity contribution is 7.80. The predicted octanol–water partition coefficient (Wildman–Crippen LogP) is 2.76. The number of hydrogen-bond acceptors (Lipinski definition) is 6. The Morgan fingerprint density at radius 1 is 0.821 bits per heavy atom. The Morgan fingerprint density at radius 2 is 1.43 bits per heavy atom. The van der Waals surface area contributed by atoms with Crippen molar-refractivity contribution in [3.63, 3.8) is 0 Å². The Morgan fingerprint density at radius 3 is 2.07 bits per heavy atom. The number of carbonyl (C=O) groups is 2. The zero-order chi connectivity index (χ0) is 20.9. The maximum absolute atomic E-state index is 11.6. The summed E-state index contributed by atoms with van der Waals surface area (Å²) in [4.78, 5) is 22.0. The van der Waals surface area contributed by atoms with Crippen LogP contribution in [0, 0.1) is 0 Å². The van der Waals surface area contributed by atoms with Crippen LogP contribution < -0.4 is 10.6 Å². The molecule has 8 heteroatoms. The van der Waals surface area contributed by atoms with Crippen LogP contribution in [-0.4, -0.2) is 62.3 Å². The number of ether oxygens (including phenoxy) is 2. The molecule has 0 aliphatic rings. The van der Waals surface area contributed by atoms with Gasteiger partial charge in [0.25, 0.3) is 0 Å². The quantitative estimate of drug-likeness (QED) is 0.169. The van der Waals surface area contributed by atoms with Crippen molar-refractivity contribution in [2.75, 3.05) is 45.3 Å². The molecule has 0 saturated carbocycles. The molecule has 28 heavy (non-hydrogen) atoms. The Balaban J connectivity index is 3.21. The highest BCUT2D eigenvalue weighted by Crippen LogP contribution is 2.09. The largest absolute Gasteiger partial charge is 0.481 e. The lowest BCUT2D eigenvalue weighted by molar-refractivity contribution is -0.137. The van der Waals surface area contributed by atoms with Crippen molar-refractivity contribution in [1.82, 2.24) is 10.6 Å². The van der Waals surface area contributed by atoms with Gasteiger partial charge in [0, 0.05) is 31.0 Å². The van der Waals surface area contributed by atoms with Crippen molar-refractivity contribution in [2.45, 2.75) is 57.8 Å². The number of hydrogen-bond donors (Lipinski definition) is 4. The monoisotopic (exact) mass is 418 g/mol. The molecule has 0 atom stereocenters. The minimum Gasteiger partial charge on any atom is -0.481 e. The van der Waals surface area contributed by atoms with Crippen LogP contribution in [0.4, 0.5) is 0 Å². The van der Waals surface area contributed by atoms with Gasteiger partial charge in [0.05, 0.1) is 19.8 Å². The van der Waals surface area contributed by atoms with Crippen LogP contribution in [0.2, 0.25) is 0 Å². The van der Waals surface area contributed by atoms with E-state index in [1.807, 2.05) is 0 Å². The third-order valence-electron chi connectivity index (χ3n) is 4.06. The average Bonchev–Trinajstić information content (AvgIpc) is 2.67. The van der Waals surface area contributed by atoms with Gasteiger partial charge in [0.15, 0.2) is 0 Å². The minimum absolute atomic E-state index is 0.0639. The number of unbranched alkanes of at least 4 members (excludes halogenated alkanes) is 7. The van der Waals surface area contributed by atoms with Gasteiger partial charge in [-0.1, -0.05) is 45.1 Å². The SMILES string of the molecule is C=C(CS)NCCOCCOCC(=O)NCCCCCCCCCCC(=O)O. The van der Waals surface area contributed by atoms with Crippen LogP contribution in [0.5, 0.6) is 0 Å². The van der Waals surface area contributed by atoms with Gasteiger partial charge in [0.2, 0.25) is 5.91 Å². The number of rotatable bonds is 21. The lowest BCUT2D eigenvalue weighted by Crippen LogP contribution is -2.29. The number of nitrogens with one attached hydrogen (secondary N) is 2. The highest BCUT2D eigenvalue weighted by Gasteiger charge is 2.01. The first-order chi connectivity index (χ1) is 13.6. The number of carboxylic acids is 1. The summed E-state index contributed by atoms with van der Waals surface area (Å²) in [6.07, 6.45) is 8.70. The van der Waals surface area contributed by atoms with Crippen molar-refractivity contribution in [1.29, 1.82) is 0 Å². The predicted molar refractivity (Wildman–Crippen MR) is 115 cm³/mol. The molecule has 0 radical (unpaired) electrons. The zero-order valence-electron chi connectivity index (χ0n) is 17.0. The topological polar surface area (TPSA) is 96.9 Å². The smallest absolute Gasteiger partial charge is 0.303 e. The molecule has 0 rings (SSSR count). The third-order valence-corrected chi connectivity index (χ3v) is 4.44. The van der Waals surface area contributed by atoms with E-state index in [-0.39, 0.29) is 18.9 Å². The van der Waals surface area contributed by atoms with Crippen LogP contribution >= 0.6 is 12.6 Å². The van der Waals surface area contributed by atoms with E-state index in [9.17, 15) is 9.59 Å². The lowest BCUT2D eigenvalue weighted by Gasteiger charge is -2.09. The summed E-state index contributed by atoms with van der Waals surface area (Å²) in [5.74, 6) is -0.195. The fourth-order valence-electron chi connectivity index (χ4n) is 2.48. The summed E-state index contributed by atoms with van der Waals surface area (Å²) in [6.45, 7) is 6.62. The summed E-state index contributed by atoms with van der Waals surface area (Å²) >= 11 is 4.09. The molecule has 3 N–H and O–H groups in total. The van der Waals surface area contributed by atoms with Crippen molar-refractivity contribution in [3.05, 3.63) is 12.3 Å². The van der Waals surface area contributed by atoms with Crippen LogP contribution in [0.25, 0.3) is 0 Å². The molecule has 0 fully saturated rings. The summed E-state index contributed by atoms with van der Waals surface area (Å²) in [5.41, 5.74) is 0.868. The van der Waals surface area contributed by atoms with E-state index in [0.717, 1.165) is 50.6 Å². The van der Waals surface area contributed by atoms with Crippen molar-refractivity contribution in [3.8, 4) is 0 Å². The first-order valence-electron chi connectivity index (χ1n) is 10.2. The van der Waals surface area contributed by atoms with Crippen LogP contribution in [0.15, 0.2) is 12.3 Å². The van der Waals surface area contributed by atoms with Crippen molar-refractivity contribution < 1.29 is 24.2 Å². The van der Waals surface area contributed by atoms with Crippen molar-refractivity contribution >= 4 is 24.5 Å². The normalized spacial score (nSPS) is 10.6. The molecule has 0 aliphatic heterocycles. The number of aliphatic carboxylic acids is 1. The van der Waals surface area contributed by atoms with Gasteiger partial charge < -0.3 is 25.2 Å². The number of carboxylic acid groups (broad SMARTS) is 1. The Kier molecular flexibility index (Phi) is 19.6. The Labute approximate surface area is 175 Å². The van der Waals surface area contributed by atoms with Gasteiger partial charge in [-0.15, -0.1) is 0 Å². The molecule has 0 aromatic heterocycles. The van der Waals surface area contributed by atoms with Gasteiger partial charge in [-0.2, -0.15) is 12.6 Å². The molecule has 0 aliphatic carbocycles. The highest BCUT2D eigenvalue weighted by atomic mass is 32.1. The van der Waals surface area contributed by atoms with Gasteiger partial charge in [-0.3, -0.25) is 9.59 Å². The molecule has 0 aromatic carbocycles. The second-order valence-electron chi connectivity index (χ2n) is 6.68. The second-order valence-corrected chi connectivity index (χ2v) is 6.99. The molecular weight excluding hydrogens is 380 g/mol. The first kappa shape index (κ1) is 26.8. The molecule has 0 spiro atoms. The van der Waals surface area contributed by atoms with Crippen LogP contribution in [0.3, 0.4) is 0 Å². The van der Waals surface area contributed by atoms with Crippen molar-refractivity contribution in [2.24, 2.45) is 0 Å². The molecule has 164 valence electrons. The van der Waals surface area contributed by atoms with Gasteiger partial charge in [-0.05, 0) is 12.8 Å². The maximum atomic E-state index is 11.6. The molecule has 0 unspecified atom stereocenters. The Hall–Kier alpha value is -1.25. The average molecular weight is 419 g/mol. The van der Waals surface area contributed by atoms with E-state index in [1.54, 1.807) is 0 Å². The number of amides is 1. The van der Waals surface area contributed by atoms with Gasteiger partial charge >= 0.3 is 5.97 Å². The molecule has 0 saturated heterocycles. The van der Waals surface area contributed by atoms with E-state index in [4.69, 9.17) is 14.6 Å². The first-order valence-corrected chi connectivity index (χ1v) is 10.9. The van der Waals surface area contributed by atoms with Gasteiger partial charge in [0.1, 0.15) is 6.61 Å². The molecule has 7 nitrogen and oxygen atoms in total. The molecule has 1 amide bonds. The molecule has 0 heterocycles. The standard InChI is InChI=1S/C20H38N2O5S/c1-18(17-28)21-12-13-26-14-15-27-16-19(23)22-11-9-7-5-3-2-4-6-8-10-20(24)25/h21,28H,1-17H2,(H,22,23)(H,24,25). The summed E-state index contributed by atoms with van der Waals surface area (Å²) in [6, 6.07) is 0. The third kappa shape index (κ3) is 21.1. The maximum Gasteiger partial charge on any atom is 0.303 e. The van der Waals surface area contributed by atoms with E-state index < -0.39 is 5.97 Å². The van der Waals surface area contributed by atoms with E-state index in [1.165, 1.54) is 6.42 Å². The van der Waals surface area contributed by atoms with Crippen LogP contribution in [0.1, 0.15) is 57.8 Å². The second kappa shape index (κ2) is 20.5. The molecular formula is C20H38N2O5S. The zero-order valence-corrected chi connectivity index (χ0v) is 17.9. The number of thiol groups is 1. The minimum atomic E-state index is -0.708. The van der Waals surface area contributed by atoms with Gasteiger partial charge in [-0.25, -0.2) is 0 Å². The summed E-state index contributed by atoms with van der Waals surface area (Å²) < 4.78 is 10.7. The molecule has 0 bridgehead atoms. The summed E-state index contributed by atoms with van der Waals surface area (Å²) in [5, 5.41) is 14.5. The van der Waals surface area contributed by atoms with E-state index >= 15 is 0 Å². The van der Waals surface area contributed by atoms with E-state index in [2.05, 4.69) is 29.8 Å². The Bertz CT molecular complexity index is 421. The number of carbonyl (C=O) groups excluding carboxylic acids is 1. The molecule has 0 aromatic rings. The fourth-order valence-corrected chi connectivity index (χ4v) is 2.59.